The van der Waals surface area contributed by atoms with Crippen molar-refractivity contribution in [2.24, 2.45) is 0 Å². The second-order valence-electron chi connectivity index (χ2n) is 1.03. The second kappa shape index (κ2) is 59.9. The van der Waals surface area contributed by atoms with E-state index in [4.69, 9.17) is 34.0 Å². The number of halogens is 2. The van der Waals surface area contributed by atoms with Crippen LogP contribution in [-0.4, -0.2) is 13.6 Å². The van der Waals surface area contributed by atoms with Crippen LogP contribution in [0.5, 0.6) is 0 Å². The predicted octanol–water partition coefficient (Wildman–Crippen LogP) is 1.90. The first-order valence-corrected chi connectivity index (χ1v) is 8.17. The summed E-state index contributed by atoms with van der Waals surface area (Å²) in [5.74, 6) is 0. The topological polar surface area (TPSA) is 59.7 Å². The Bertz CT molecular complexity index is 105. The van der Waals surface area contributed by atoms with E-state index in [0.29, 0.717) is 0 Å². The molecule has 0 heterocycles. The Labute approximate surface area is 120 Å². The average molecular weight is 389 g/mol. The van der Waals surface area contributed by atoms with Crippen molar-refractivity contribution in [1.82, 2.24) is 0 Å². The monoisotopic (exact) mass is 391 g/mol. The predicted molar refractivity (Wildman–Crippen MR) is 50.7 cm³/mol. The first-order chi connectivity index (χ1) is 6.91. The third-order valence-corrected chi connectivity index (χ3v) is 0.556. The van der Waals surface area contributed by atoms with Crippen molar-refractivity contribution >= 4 is 33.6 Å². The van der Waals surface area contributed by atoms with Gasteiger partial charge in [0.1, 0.15) is 0 Å². The van der Waals surface area contributed by atoms with Crippen LogP contribution < -0.4 is 0 Å². The normalized spacial score (nSPS) is 9.60. The molecule has 7 radical (unpaired) electrons. The minimum Gasteiger partial charge on any atom is 0 e. The summed E-state index contributed by atoms with van der Waals surface area (Å²) in [4.78, 5) is 0. The molecule has 0 N–H and O–H groups in total. The van der Waals surface area contributed by atoms with Gasteiger partial charge in [0, 0.05) is 21.1 Å². The van der Waals surface area contributed by atoms with Gasteiger partial charge in [0.15, 0.2) is 0 Å². The second-order valence-corrected chi connectivity index (χ2v) is 4.30. The summed E-state index contributed by atoms with van der Waals surface area (Å²) in [6.45, 7) is 13.5. The first-order valence-electron chi connectivity index (χ1n) is 2.66. The van der Waals surface area contributed by atoms with Crippen molar-refractivity contribution in [1.29, 1.82) is 0 Å². The van der Waals surface area contributed by atoms with Crippen LogP contribution >= 0.6 is 20.0 Å². The summed E-state index contributed by atoms with van der Waals surface area (Å²) in [5.41, 5.74) is 0. The minimum atomic E-state index is -0.556. The fraction of sp³-hybridized carbons (Fsp3) is 0. The van der Waals surface area contributed by atoms with E-state index in [2.05, 4.69) is 20.0 Å². The third kappa shape index (κ3) is 70.2. The van der Waals surface area contributed by atoms with Crippen molar-refractivity contribution in [3.63, 3.8) is 0 Å². The number of hydrogen-bond acceptors (Lipinski definition) is 0. The molecule has 1 fully saturated rings. The molecule has 0 aromatic rings. The molecule has 0 aromatic carbocycles. The first kappa shape index (κ1) is 29.8. The van der Waals surface area contributed by atoms with Gasteiger partial charge in [-0.2, -0.15) is 0 Å². The molecular formula is C8H5Cl2GeMoO3. The van der Waals surface area contributed by atoms with E-state index in [-0.39, 0.29) is 21.1 Å². The van der Waals surface area contributed by atoms with Crippen molar-refractivity contribution in [2.75, 3.05) is 0 Å². The summed E-state index contributed by atoms with van der Waals surface area (Å²) in [5, 5.41) is 0. The Balaban J connectivity index is -0.0000000299. The van der Waals surface area contributed by atoms with Crippen LogP contribution in [0, 0.1) is 52.1 Å². The molecular weight excluding hydrogens is 384 g/mol. The van der Waals surface area contributed by atoms with Crippen LogP contribution in [0.25, 0.3) is 0 Å². The Kier molecular flexibility index (Phi) is 119. The molecule has 0 amide bonds. The van der Waals surface area contributed by atoms with Gasteiger partial charge in [-0.15, -0.1) is 0 Å². The fourth-order valence-electron chi connectivity index (χ4n) is 0.321. The molecule has 1 saturated carbocycles. The molecule has 0 spiro atoms. The Morgan fingerprint density at radius 3 is 0.800 bits per heavy atom. The molecule has 1 rings (SSSR count). The van der Waals surface area contributed by atoms with Crippen LogP contribution in [0.4, 0.5) is 0 Å². The number of rotatable bonds is 0. The van der Waals surface area contributed by atoms with E-state index in [9.17, 15) is 0 Å². The van der Waals surface area contributed by atoms with Crippen LogP contribution in [0.3, 0.4) is 0 Å². The summed E-state index contributed by atoms with van der Waals surface area (Å²) in [6.07, 6.45) is 10.0. The summed E-state index contributed by atoms with van der Waals surface area (Å²) in [6, 6.07) is 0. The van der Waals surface area contributed by atoms with E-state index < -0.39 is 13.6 Å². The SMILES string of the molecule is [C-]#[O+].[C-]#[O+].[C-]#[O+].[CH]1[CH][CH][CH][CH]1.[Cl][Ge][Cl].[Mo]. The van der Waals surface area contributed by atoms with Crippen molar-refractivity contribution in [2.45, 2.75) is 0 Å². The molecule has 0 unspecified atom stereocenters. The summed E-state index contributed by atoms with van der Waals surface area (Å²) < 4.78 is 22.5. The van der Waals surface area contributed by atoms with Crippen molar-refractivity contribution < 1.29 is 35.0 Å². The largest absolute Gasteiger partial charge is 0 e. The zero-order valence-electron chi connectivity index (χ0n) is 7.28. The van der Waals surface area contributed by atoms with Gasteiger partial charge in [0.05, 0.1) is 0 Å². The Morgan fingerprint density at radius 2 is 0.733 bits per heavy atom. The standard InChI is InChI=1S/C5H5.3CO.Cl2Ge.Mo/c1-2-4-5-3-1;3*1-2;1-3-2;/h1-5H;;;;;. The van der Waals surface area contributed by atoms with Gasteiger partial charge < -0.3 is 0 Å². The molecule has 0 aliphatic heterocycles. The van der Waals surface area contributed by atoms with Gasteiger partial charge in [-0.1, -0.05) is 0 Å². The average Bonchev–Trinajstić information content (AvgIpc) is 2.85. The molecule has 15 heavy (non-hydrogen) atoms. The van der Waals surface area contributed by atoms with Gasteiger partial charge in [-0.3, -0.25) is 0 Å². The minimum absolute atomic E-state index is 0. The van der Waals surface area contributed by atoms with Gasteiger partial charge in [-0.25, -0.2) is 0 Å². The van der Waals surface area contributed by atoms with E-state index in [0.717, 1.165) is 0 Å². The van der Waals surface area contributed by atoms with Crippen LogP contribution in [0.2, 0.25) is 0 Å². The smallest absolute Gasteiger partial charge is 0 e. The molecule has 1 aliphatic rings. The maximum atomic E-state index is 7.50. The Morgan fingerprint density at radius 1 is 0.667 bits per heavy atom. The van der Waals surface area contributed by atoms with Crippen LogP contribution in [0.1, 0.15) is 0 Å². The van der Waals surface area contributed by atoms with E-state index in [1.54, 1.807) is 0 Å². The summed E-state index contributed by atoms with van der Waals surface area (Å²) in [7, 11) is 9.78. The maximum Gasteiger partial charge on any atom is 0 e. The quantitative estimate of drug-likeness (QED) is 0.346. The molecule has 3 nitrogen and oxygen atoms in total. The molecule has 0 saturated heterocycles. The van der Waals surface area contributed by atoms with Gasteiger partial charge in [0.2, 0.25) is 0 Å². The van der Waals surface area contributed by atoms with E-state index >= 15 is 0 Å². The zero-order valence-corrected chi connectivity index (χ0v) is 12.9. The third-order valence-electron chi connectivity index (χ3n) is 0.556. The molecule has 0 atom stereocenters. The zero-order chi connectivity index (χ0) is 12.2. The van der Waals surface area contributed by atoms with Gasteiger partial charge >= 0.3 is 67.5 Å². The van der Waals surface area contributed by atoms with Crippen LogP contribution in [-0.2, 0) is 35.0 Å². The number of hydrogen-bond donors (Lipinski definition) is 0. The van der Waals surface area contributed by atoms with Crippen LogP contribution in [0.15, 0.2) is 0 Å². The molecule has 0 bridgehead atoms. The molecule has 1 aliphatic carbocycles. The molecule has 7 heteroatoms. The van der Waals surface area contributed by atoms with Crippen molar-refractivity contribution in [3.8, 4) is 0 Å². The summed E-state index contributed by atoms with van der Waals surface area (Å²) >= 11 is -0.556. The van der Waals surface area contributed by atoms with Gasteiger partial charge in [0.25, 0.3) is 0 Å². The molecule has 79 valence electrons. The van der Waals surface area contributed by atoms with E-state index in [1.165, 1.54) is 0 Å². The maximum absolute atomic E-state index is 7.50. The fourth-order valence-corrected chi connectivity index (χ4v) is 0.321. The molecule has 0 aromatic heterocycles. The van der Waals surface area contributed by atoms with Gasteiger partial charge in [-0.05, 0) is 32.1 Å². The Hall–Kier alpha value is 1.03. The van der Waals surface area contributed by atoms with E-state index in [1.807, 2.05) is 32.1 Å². The van der Waals surface area contributed by atoms with Crippen molar-refractivity contribution in [3.05, 3.63) is 52.1 Å².